The van der Waals surface area contributed by atoms with Crippen LogP contribution in [0.3, 0.4) is 0 Å². The van der Waals surface area contributed by atoms with Crippen molar-refractivity contribution in [3.05, 3.63) is 35.5 Å². The first-order valence-electron chi connectivity index (χ1n) is 7.46. The number of Topliss-reactive ketones (excluding diaryl/α,β-unsaturated/α-hetero) is 1. The number of hydrogen-bond donors (Lipinski definition) is 0. The monoisotopic (exact) mass is 284 g/mol. The molecule has 1 aliphatic heterocycles. The van der Waals surface area contributed by atoms with Crippen molar-refractivity contribution >= 4 is 22.6 Å². The van der Waals surface area contributed by atoms with E-state index in [1.165, 1.54) is 0 Å². The van der Waals surface area contributed by atoms with Crippen molar-refractivity contribution in [2.45, 2.75) is 33.2 Å². The first kappa shape index (κ1) is 13.9. The van der Waals surface area contributed by atoms with Gasteiger partial charge in [0.1, 0.15) is 6.54 Å². The molecule has 0 N–H and O–H groups in total. The fraction of sp³-hybridized carbons (Fsp3) is 0.412. The Balaban J connectivity index is 2.03. The zero-order valence-corrected chi connectivity index (χ0v) is 12.6. The second kappa shape index (κ2) is 5.35. The molecule has 0 aliphatic carbocycles. The van der Waals surface area contributed by atoms with Gasteiger partial charge in [-0.05, 0) is 32.8 Å². The molecule has 3 rings (SSSR count). The number of rotatable bonds is 3. The number of amides is 1. The molecule has 1 fully saturated rings. The highest BCUT2D eigenvalue weighted by molar-refractivity contribution is 6.08. The van der Waals surface area contributed by atoms with Crippen LogP contribution in [0.1, 0.15) is 35.8 Å². The van der Waals surface area contributed by atoms with Gasteiger partial charge in [-0.25, -0.2) is 0 Å². The van der Waals surface area contributed by atoms with E-state index < -0.39 is 0 Å². The molecule has 1 aromatic carbocycles. The molecule has 4 heteroatoms. The topological polar surface area (TPSA) is 42.3 Å². The summed E-state index contributed by atoms with van der Waals surface area (Å²) in [5, 5.41) is 0.941. The van der Waals surface area contributed by atoms with Crippen molar-refractivity contribution in [2.75, 3.05) is 13.1 Å². The standard InChI is InChI=1S/C17H20N2O2/c1-12-17(13(2)20)14-7-3-4-8-15(14)19(12)11-16(21)18-9-5-6-10-18/h3-4,7-8H,5-6,9-11H2,1-2H3. The Morgan fingerprint density at radius 2 is 1.81 bits per heavy atom. The molecule has 2 heterocycles. The molecule has 0 atom stereocenters. The molecule has 0 radical (unpaired) electrons. The molecule has 1 aliphatic rings. The SMILES string of the molecule is CC(=O)c1c(C)n(CC(=O)N2CCCC2)c2ccccc12. The van der Waals surface area contributed by atoms with E-state index >= 15 is 0 Å². The van der Waals surface area contributed by atoms with Gasteiger partial charge < -0.3 is 9.47 Å². The number of nitrogens with zero attached hydrogens (tertiary/aromatic N) is 2. The largest absolute Gasteiger partial charge is 0.341 e. The number of likely N-dealkylation sites (tertiary alicyclic amines) is 1. The molecule has 0 unspecified atom stereocenters. The predicted octanol–water partition coefficient (Wildman–Crippen LogP) is 2.77. The number of ketones is 1. The van der Waals surface area contributed by atoms with Crippen LogP contribution in [-0.4, -0.2) is 34.2 Å². The lowest BCUT2D eigenvalue weighted by Crippen LogP contribution is -2.31. The maximum Gasteiger partial charge on any atom is 0.242 e. The highest BCUT2D eigenvalue weighted by Crippen LogP contribution is 2.26. The van der Waals surface area contributed by atoms with E-state index in [1.54, 1.807) is 6.92 Å². The number of aromatic nitrogens is 1. The molecule has 0 saturated carbocycles. The van der Waals surface area contributed by atoms with Gasteiger partial charge in [-0.3, -0.25) is 9.59 Å². The first-order valence-corrected chi connectivity index (χ1v) is 7.46. The van der Waals surface area contributed by atoms with Crippen LogP contribution in [0, 0.1) is 6.92 Å². The summed E-state index contributed by atoms with van der Waals surface area (Å²) in [5.74, 6) is 0.197. The molecule has 1 amide bonds. The Bertz CT molecular complexity index is 709. The molecule has 1 saturated heterocycles. The van der Waals surface area contributed by atoms with Gasteiger partial charge in [0, 0.05) is 35.2 Å². The number of carbonyl (C=O) groups excluding carboxylic acids is 2. The van der Waals surface area contributed by atoms with Gasteiger partial charge in [-0.15, -0.1) is 0 Å². The first-order chi connectivity index (χ1) is 10.1. The smallest absolute Gasteiger partial charge is 0.242 e. The second-order valence-corrected chi connectivity index (χ2v) is 5.71. The Morgan fingerprint density at radius 3 is 2.48 bits per heavy atom. The summed E-state index contributed by atoms with van der Waals surface area (Å²) in [5.41, 5.74) is 2.59. The van der Waals surface area contributed by atoms with Crippen molar-refractivity contribution < 1.29 is 9.59 Å². The average molecular weight is 284 g/mol. The summed E-state index contributed by atoms with van der Waals surface area (Å²) in [4.78, 5) is 26.3. The quantitative estimate of drug-likeness (QED) is 0.813. The van der Waals surface area contributed by atoms with Gasteiger partial charge in [-0.1, -0.05) is 18.2 Å². The molecule has 110 valence electrons. The number of benzene rings is 1. The van der Waals surface area contributed by atoms with Crippen LogP contribution in [0.4, 0.5) is 0 Å². The van der Waals surface area contributed by atoms with E-state index in [0.717, 1.165) is 48.1 Å². The van der Waals surface area contributed by atoms with Crippen LogP contribution in [0.5, 0.6) is 0 Å². The maximum absolute atomic E-state index is 12.4. The molecule has 2 aromatic rings. The molecule has 0 spiro atoms. The zero-order valence-electron chi connectivity index (χ0n) is 12.6. The predicted molar refractivity (Wildman–Crippen MR) is 82.5 cm³/mol. The number of fused-ring (bicyclic) bond motifs is 1. The lowest BCUT2D eigenvalue weighted by Gasteiger charge is -2.17. The van der Waals surface area contributed by atoms with E-state index in [-0.39, 0.29) is 11.7 Å². The van der Waals surface area contributed by atoms with Crippen LogP contribution in [0.2, 0.25) is 0 Å². The van der Waals surface area contributed by atoms with Gasteiger partial charge in [0.2, 0.25) is 5.91 Å². The highest BCUT2D eigenvalue weighted by Gasteiger charge is 2.22. The minimum absolute atomic E-state index is 0.0519. The molecular formula is C17H20N2O2. The van der Waals surface area contributed by atoms with Gasteiger partial charge in [0.25, 0.3) is 0 Å². The van der Waals surface area contributed by atoms with Gasteiger partial charge >= 0.3 is 0 Å². The number of para-hydroxylation sites is 1. The van der Waals surface area contributed by atoms with Crippen molar-refractivity contribution in [1.29, 1.82) is 0 Å². The molecular weight excluding hydrogens is 264 g/mol. The Hall–Kier alpha value is -2.10. The molecule has 0 bridgehead atoms. The van der Waals surface area contributed by atoms with E-state index in [0.29, 0.717) is 6.54 Å². The van der Waals surface area contributed by atoms with Gasteiger partial charge in [-0.2, -0.15) is 0 Å². The minimum atomic E-state index is 0.0519. The third kappa shape index (κ3) is 2.35. The number of carbonyl (C=O) groups is 2. The summed E-state index contributed by atoms with van der Waals surface area (Å²) < 4.78 is 1.98. The van der Waals surface area contributed by atoms with E-state index in [1.807, 2.05) is 40.7 Å². The van der Waals surface area contributed by atoms with E-state index in [9.17, 15) is 9.59 Å². The second-order valence-electron chi connectivity index (χ2n) is 5.71. The maximum atomic E-state index is 12.4. The van der Waals surface area contributed by atoms with Crippen LogP contribution in [0.25, 0.3) is 10.9 Å². The normalized spacial score (nSPS) is 14.9. The van der Waals surface area contributed by atoms with Crippen LogP contribution in [0.15, 0.2) is 24.3 Å². The van der Waals surface area contributed by atoms with Crippen molar-refractivity contribution in [3.63, 3.8) is 0 Å². The summed E-state index contributed by atoms with van der Waals surface area (Å²) in [6, 6.07) is 7.81. The Kier molecular flexibility index (Phi) is 3.53. The third-order valence-electron chi connectivity index (χ3n) is 4.34. The van der Waals surface area contributed by atoms with Crippen molar-refractivity contribution in [1.82, 2.24) is 9.47 Å². The fourth-order valence-electron chi connectivity index (χ4n) is 3.28. The Labute approximate surface area is 124 Å². The summed E-state index contributed by atoms with van der Waals surface area (Å²) in [6.45, 7) is 5.54. The Morgan fingerprint density at radius 1 is 1.14 bits per heavy atom. The minimum Gasteiger partial charge on any atom is -0.341 e. The van der Waals surface area contributed by atoms with Crippen molar-refractivity contribution in [2.24, 2.45) is 0 Å². The zero-order chi connectivity index (χ0) is 15.0. The van der Waals surface area contributed by atoms with Gasteiger partial charge in [0.15, 0.2) is 5.78 Å². The summed E-state index contributed by atoms with van der Waals surface area (Å²) in [7, 11) is 0. The van der Waals surface area contributed by atoms with Gasteiger partial charge in [0.05, 0.1) is 0 Å². The molecule has 4 nitrogen and oxygen atoms in total. The van der Waals surface area contributed by atoms with Crippen LogP contribution in [-0.2, 0) is 11.3 Å². The van der Waals surface area contributed by atoms with E-state index in [4.69, 9.17) is 0 Å². The molecule has 21 heavy (non-hydrogen) atoms. The van der Waals surface area contributed by atoms with E-state index in [2.05, 4.69) is 0 Å². The lowest BCUT2D eigenvalue weighted by molar-refractivity contribution is -0.130. The third-order valence-corrected chi connectivity index (χ3v) is 4.34. The summed E-state index contributed by atoms with van der Waals surface area (Å²) >= 11 is 0. The average Bonchev–Trinajstić information content (AvgIpc) is 3.06. The molecule has 1 aromatic heterocycles. The number of hydrogen-bond acceptors (Lipinski definition) is 2. The summed E-state index contributed by atoms with van der Waals surface area (Å²) in [6.07, 6.45) is 2.19. The van der Waals surface area contributed by atoms with Crippen molar-refractivity contribution in [3.8, 4) is 0 Å². The van der Waals surface area contributed by atoms with Crippen LogP contribution < -0.4 is 0 Å². The lowest BCUT2D eigenvalue weighted by atomic mass is 10.1. The fourth-order valence-corrected chi connectivity index (χ4v) is 3.28. The highest BCUT2D eigenvalue weighted by atomic mass is 16.2. The van der Waals surface area contributed by atoms with Crippen LogP contribution >= 0.6 is 0 Å².